The lowest BCUT2D eigenvalue weighted by Gasteiger charge is -2.13. The van der Waals surface area contributed by atoms with Gasteiger partial charge in [-0.05, 0) is 53.6 Å². The van der Waals surface area contributed by atoms with Gasteiger partial charge >= 0.3 is 0 Å². The number of imidazole rings is 1. The molecule has 1 aromatic heterocycles. The van der Waals surface area contributed by atoms with E-state index in [-0.39, 0.29) is 0 Å². The average molecular weight is 419 g/mol. The van der Waals surface area contributed by atoms with Crippen molar-refractivity contribution in [2.75, 3.05) is 12.5 Å². The SMILES string of the molecule is ClCCc1nc2cc(I)ccc2n1CCOC1CCCC1. The Morgan fingerprint density at radius 3 is 2.90 bits per heavy atom. The Hall–Kier alpha value is -0.330. The molecule has 0 unspecified atom stereocenters. The number of aryl methyl sites for hydroxylation is 1. The molecule has 1 saturated carbocycles. The lowest BCUT2D eigenvalue weighted by Crippen LogP contribution is -2.15. The van der Waals surface area contributed by atoms with E-state index in [1.807, 2.05) is 0 Å². The van der Waals surface area contributed by atoms with Crippen molar-refractivity contribution in [3.05, 3.63) is 27.6 Å². The van der Waals surface area contributed by atoms with Crippen LogP contribution in [0.2, 0.25) is 0 Å². The van der Waals surface area contributed by atoms with Crippen LogP contribution in [-0.2, 0) is 17.7 Å². The van der Waals surface area contributed by atoms with Gasteiger partial charge in [-0.1, -0.05) is 12.8 Å². The van der Waals surface area contributed by atoms with Gasteiger partial charge in [0.25, 0.3) is 0 Å². The first-order chi connectivity index (χ1) is 10.3. The zero-order valence-electron chi connectivity index (χ0n) is 12.0. The maximum Gasteiger partial charge on any atom is 0.111 e. The smallest absolute Gasteiger partial charge is 0.111 e. The zero-order valence-corrected chi connectivity index (χ0v) is 14.9. The highest BCUT2D eigenvalue weighted by molar-refractivity contribution is 14.1. The number of benzene rings is 1. The van der Waals surface area contributed by atoms with Crippen LogP contribution in [0.15, 0.2) is 18.2 Å². The van der Waals surface area contributed by atoms with Crippen molar-refractivity contribution in [1.82, 2.24) is 9.55 Å². The molecule has 1 aliphatic rings. The second-order valence-corrected chi connectivity index (χ2v) is 7.15. The van der Waals surface area contributed by atoms with Crippen molar-refractivity contribution >= 4 is 45.2 Å². The molecule has 0 saturated heterocycles. The van der Waals surface area contributed by atoms with Gasteiger partial charge in [-0.2, -0.15) is 0 Å². The van der Waals surface area contributed by atoms with Gasteiger partial charge in [0.2, 0.25) is 0 Å². The molecule has 0 atom stereocenters. The Morgan fingerprint density at radius 1 is 1.33 bits per heavy atom. The topological polar surface area (TPSA) is 27.1 Å². The van der Waals surface area contributed by atoms with Crippen LogP contribution in [-0.4, -0.2) is 28.1 Å². The molecule has 3 rings (SSSR count). The lowest BCUT2D eigenvalue weighted by atomic mass is 10.3. The molecule has 1 fully saturated rings. The molecule has 1 aliphatic carbocycles. The summed E-state index contributed by atoms with van der Waals surface area (Å²) in [7, 11) is 0. The zero-order chi connectivity index (χ0) is 14.7. The number of ether oxygens (including phenoxy) is 1. The van der Waals surface area contributed by atoms with Crippen molar-refractivity contribution in [2.45, 2.75) is 44.8 Å². The van der Waals surface area contributed by atoms with Gasteiger partial charge in [0, 0.05) is 22.4 Å². The Kier molecular flexibility index (Phi) is 5.40. The Labute approximate surface area is 144 Å². The van der Waals surface area contributed by atoms with E-state index in [0.29, 0.717) is 12.0 Å². The maximum atomic E-state index is 6.00. The quantitative estimate of drug-likeness (QED) is 0.514. The first kappa shape index (κ1) is 15.6. The molecular weight excluding hydrogens is 399 g/mol. The molecule has 1 aromatic carbocycles. The fraction of sp³-hybridized carbons (Fsp3) is 0.562. The summed E-state index contributed by atoms with van der Waals surface area (Å²) in [4.78, 5) is 4.73. The average Bonchev–Trinajstić information content (AvgIpc) is 3.08. The van der Waals surface area contributed by atoms with Crippen LogP contribution >= 0.6 is 34.2 Å². The molecule has 2 aromatic rings. The molecule has 1 heterocycles. The van der Waals surface area contributed by atoms with Crippen LogP contribution < -0.4 is 0 Å². The summed E-state index contributed by atoms with van der Waals surface area (Å²) in [5.74, 6) is 1.67. The second kappa shape index (κ2) is 7.29. The lowest BCUT2D eigenvalue weighted by molar-refractivity contribution is 0.0531. The third kappa shape index (κ3) is 3.71. The molecule has 0 N–H and O–H groups in total. The van der Waals surface area contributed by atoms with Gasteiger partial charge in [-0.25, -0.2) is 4.98 Å². The molecule has 21 heavy (non-hydrogen) atoms. The van der Waals surface area contributed by atoms with Crippen molar-refractivity contribution in [3.8, 4) is 0 Å². The van der Waals surface area contributed by atoms with Crippen molar-refractivity contribution in [3.63, 3.8) is 0 Å². The minimum Gasteiger partial charge on any atom is -0.376 e. The van der Waals surface area contributed by atoms with Crippen LogP contribution in [0.4, 0.5) is 0 Å². The second-order valence-electron chi connectivity index (χ2n) is 5.53. The molecule has 0 radical (unpaired) electrons. The number of halogens is 2. The molecule has 3 nitrogen and oxygen atoms in total. The third-order valence-electron chi connectivity index (χ3n) is 4.08. The standard InChI is InChI=1S/C16H20ClIN2O/c17-8-7-16-19-14-11-12(18)5-6-15(14)20(16)9-10-21-13-3-1-2-4-13/h5-6,11,13H,1-4,7-10H2. The van der Waals surface area contributed by atoms with Crippen molar-refractivity contribution < 1.29 is 4.74 Å². The number of aromatic nitrogens is 2. The van der Waals surface area contributed by atoms with Crippen LogP contribution in [0.1, 0.15) is 31.5 Å². The van der Waals surface area contributed by atoms with Gasteiger partial charge in [-0.15, -0.1) is 11.6 Å². The van der Waals surface area contributed by atoms with E-state index in [4.69, 9.17) is 21.3 Å². The number of hydrogen-bond acceptors (Lipinski definition) is 2. The summed E-state index contributed by atoms with van der Waals surface area (Å²) in [6.07, 6.45) is 6.34. The Bertz CT molecular complexity index is 608. The predicted octanol–water partition coefficient (Wildman–Crippen LogP) is 4.38. The van der Waals surface area contributed by atoms with Gasteiger partial charge < -0.3 is 9.30 Å². The summed E-state index contributed by atoms with van der Waals surface area (Å²) in [6, 6.07) is 6.41. The number of hydrogen-bond donors (Lipinski definition) is 0. The summed E-state index contributed by atoms with van der Waals surface area (Å²) in [6.45, 7) is 1.62. The minimum absolute atomic E-state index is 0.470. The van der Waals surface area contributed by atoms with Crippen LogP contribution in [0.25, 0.3) is 11.0 Å². The molecule has 5 heteroatoms. The Morgan fingerprint density at radius 2 is 2.14 bits per heavy atom. The summed E-state index contributed by atoms with van der Waals surface area (Å²) < 4.78 is 9.48. The first-order valence-electron chi connectivity index (χ1n) is 7.60. The predicted molar refractivity (Wildman–Crippen MR) is 95.1 cm³/mol. The van der Waals surface area contributed by atoms with Crippen LogP contribution in [0.3, 0.4) is 0 Å². The van der Waals surface area contributed by atoms with Gasteiger partial charge in [0.1, 0.15) is 5.82 Å². The number of alkyl halides is 1. The molecule has 0 aliphatic heterocycles. The highest BCUT2D eigenvalue weighted by Crippen LogP contribution is 2.22. The normalized spacial score (nSPS) is 16.1. The monoisotopic (exact) mass is 418 g/mol. The van der Waals surface area contributed by atoms with E-state index < -0.39 is 0 Å². The van der Waals surface area contributed by atoms with E-state index in [1.54, 1.807) is 0 Å². The van der Waals surface area contributed by atoms with Gasteiger partial charge in [-0.3, -0.25) is 0 Å². The molecule has 0 bridgehead atoms. The third-order valence-corrected chi connectivity index (χ3v) is 4.94. The maximum absolute atomic E-state index is 6.00. The first-order valence-corrected chi connectivity index (χ1v) is 9.21. The summed E-state index contributed by atoms with van der Waals surface area (Å²) >= 11 is 8.24. The van der Waals surface area contributed by atoms with E-state index in [0.717, 1.165) is 30.9 Å². The van der Waals surface area contributed by atoms with E-state index >= 15 is 0 Å². The number of rotatable bonds is 6. The van der Waals surface area contributed by atoms with Crippen LogP contribution in [0, 0.1) is 3.57 Å². The fourth-order valence-electron chi connectivity index (χ4n) is 3.04. The highest BCUT2D eigenvalue weighted by Gasteiger charge is 2.16. The summed E-state index contributed by atoms with van der Waals surface area (Å²) in [5.41, 5.74) is 2.24. The Balaban J connectivity index is 1.76. The van der Waals surface area contributed by atoms with Crippen LogP contribution in [0.5, 0.6) is 0 Å². The fourth-order valence-corrected chi connectivity index (χ4v) is 3.69. The molecule has 114 valence electrons. The summed E-state index contributed by atoms with van der Waals surface area (Å²) in [5, 5.41) is 0. The minimum atomic E-state index is 0.470. The van der Waals surface area contributed by atoms with Crippen molar-refractivity contribution in [1.29, 1.82) is 0 Å². The van der Waals surface area contributed by atoms with Gasteiger partial charge in [0.05, 0.1) is 23.7 Å². The van der Waals surface area contributed by atoms with E-state index in [2.05, 4.69) is 45.4 Å². The highest BCUT2D eigenvalue weighted by atomic mass is 127. The van der Waals surface area contributed by atoms with Gasteiger partial charge in [0.15, 0.2) is 0 Å². The number of nitrogens with zero attached hydrogens (tertiary/aromatic N) is 2. The largest absolute Gasteiger partial charge is 0.376 e. The molecular formula is C16H20ClIN2O. The molecule has 0 spiro atoms. The van der Waals surface area contributed by atoms with E-state index in [1.165, 1.54) is 34.8 Å². The van der Waals surface area contributed by atoms with E-state index in [9.17, 15) is 0 Å². The van der Waals surface area contributed by atoms with Crippen molar-refractivity contribution in [2.24, 2.45) is 0 Å². The number of fused-ring (bicyclic) bond motifs is 1. The molecule has 0 amide bonds.